The van der Waals surface area contributed by atoms with E-state index in [0.29, 0.717) is 11.1 Å². The van der Waals surface area contributed by atoms with E-state index in [4.69, 9.17) is 23.2 Å². The third-order valence-corrected chi connectivity index (χ3v) is 3.88. The normalized spacial score (nSPS) is 22.3. The molecule has 1 fully saturated rings. The Labute approximate surface area is 98.2 Å². The smallest absolute Gasteiger partial charge is 0.0468 e. The van der Waals surface area contributed by atoms with Gasteiger partial charge in [0.1, 0.15) is 0 Å². The molecule has 1 heterocycles. The predicted molar refractivity (Wildman–Crippen MR) is 64.5 cm³/mol. The molecule has 1 aromatic carbocycles. The minimum atomic E-state index is 0.374. The Balaban J connectivity index is 2.22. The standard InChI is InChI=1S/C10H11Cl2NS/c11-7-1-2-8(9(12)5-7)10-6-14-4-3-13-10/h1-2,5,10,13H,3-4,6H2. The van der Waals surface area contributed by atoms with Gasteiger partial charge in [0.15, 0.2) is 0 Å². The van der Waals surface area contributed by atoms with Crippen molar-refractivity contribution >= 4 is 35.0 Å². The van der Waals surface area contributed by atoms with Gasteiger partial charge in [-0.3, -0.25) is 0 Å². The maximum atomic E-state index is 6.13. The highest BCUT2D eigenvalue weighted by molar-refractivity contribution is 7.99. The van der Waals surface area contributed by atoms with Crippen LogP contribution in [-0.4, -0.2) is 18.1 Å². The van der Waals surface area contributed by atoms with Gasteiger partial charge in [0.25, 0.3) is 0 Å². The van der Waals surface area contributed by atoms with Crippen molar-refractivity contribution in [2.45, 2.75) is 6.04 Å². The number of nitrogens with one attached hydrogen (secondary N) is 1. The van der Waals surface area contributed by atoms with Crippen LogP contribution in [0, 0.1) is 0 Å². The number of rotatable bonds is 1. The molecule has 0 aliphatic carbocycles. The van der Waals surface area contributed by atoms with Crippen molar-refractivity contribution in [2.75, 3.05) is 18.1 Å². The van der Waals surface area contributed by atoms with Gasteiger partial charge in [0, 0.05) is 34.1 Å². The number of thioether (sulfide) groups is 1. The van der Waals surface area contributed by atoms with Gasteiger partial charge in [-0.15, -0.1) is 0 Å². The molecule has 1 aliphatic rings. The Morgan fingerprint density at radius 1 is 1.36 bits per heavy atom. The summed E-state index contributed by atoms with van der Waals surface area (Å²) < 4.78 is 0. The lowest BCUT2D eigenvalue weighted by molar-refractivity contribution is 0.595. The number of hydrogen-bond acceptors (Lipinski definition) is 2. The first kappa shape index (κ1) is 10.6. The van der Waals surface area contributed by atoms with Gasteiger partial charge >= 0.3 is 0 Å². The van der Waals surface area contributed by atoms with Crippen molar-refractivity contribution in [3.05, 3.63) is 33.8 Å². The number of halogens is 2. The monoisotopic (exact) mass is 247 g/mol. The highest BCUT2D eigenvalue weighted by atomic mass is 35.5. The first-order chi connectivity index (χ1) is 6.77. The third kappa shape index (κ3) is 2.37. The Hall–Kier alpha value is 0.110. The van der Waals surface area contributed by atoms with E-state index in [9.17, 15) is 0 Å². The molecule has 1 unspecified atom stereocenters. The molecule has 0 bridgehead atoms. The van der Waals surface area contributed by atoms with Crippen LogP contribution in [0.2, 0.25) is 10.0 Å². The average Bonchev–Trinajstić information content (AvgIpc) is 2.19. The van der Waals surface area contributed by atoms with Crippen LogP contribution in [0.3, 0.4) is 0 Å². The van der Waals surface area contributed by atoms with Crippen LogP contribution in [0.1, 0.15) is 11.6 Å². The summed E-state index contributed by atoms with van der Waals surface area (Å²) in [6.07, 6.45) is 0. The molecule has 76 valence electrons. The van der Waals surface area contributed by atoms with Gasteiger partial charge in [-0.1, -0.05) is 29.3 Å². The largest absolute Gasteiger partial charge is 0.308 e. The third-order valence-electron chi connectivity index (χ3n) is 2.26. The first-order valence-corrected chi connectivity index (χ1v) is 6.44. The fourth-order valence-electron chi connectivity index (χ4n) is 1.55. The summed E-state index contributed by atoms with van der Waals surface area (Å²) in [6, 6.07) is 6.08. The Bertz CT molecular complexity index is 324. The van der Waals surface area contributed by atoms with E-state index in [2.05, 4.69) is 5.32 Å². The van der Waals surface area contributed by atoms with E-state index in [-0.39, 0.29) is 0 Å². The Morgan fingerprint density at radius 2 is 2.21 bits per heavy atom. The molecule has 0 saturated carbocycles. The molecular formula is C10H11Cl2NS. The summed E-state index contributed by atoms with van der Waals surface area (Å²) in [4.78, 5) is 0. The van der Waals surface area contributed by atoms with Crippen molar-refractivity contribution in [3.8, 4) is 0 Å². The van der Waals surface area contributed by atoms with Crippen LogP contribution in [-0.2, 0) is 0 Å². The van der Waals surface area contributed by atoms with Crippen molar-refractivity contribution in [3.63, 3.8) is 0 Å². The average molecular weight is 248 g/mol. The molecule has 1 saturated heterocycles. The van der Waals surface area contributed by atoms with Crippen LogP contribution >= 0.6 is 35.0 Å². The van der Waals surface area contributed by atoms with E-state index >= 15 is 0 Å². The van der Waals surface area contributed by atoms with Crippen LogP contribution in [0.25, 0.3) is 0 Å². The molecule has 0 amide bonds. The number of benzene rings is 1. The van der Waals surface area contributed by atoms with E-state index in [0.717, 1.165) is 22.9 Å². The molecular weight excluding hydrogens is 237 g/mol. The molecule has 14 heavy (non-hydrogen) atoms. The van der Waals surface area contributed by atoms with Gasteiger partial charge in [0.2, 0.25) is 0 Å². The van der Waals surface area contributed by atoms with Gasteiger partial charge < -0.3 is 5.32 Å². The zero-order valence-electron chi connectivity index (χ0n) is 7.59. The van der Waals surface area contributed by atoms with Crippen LogP contribution in [0.15, 0.2) is 18.2 Å². The molecule has 2 rings (SSSR count). The summed E-state index contributed by atoms with van der Waals surface area (Å²) in [7, 11) is 0. The quantitative estimate of drug-likeness (QED) is 0.817. The molecule has 1 nitrogen and oxygen atoms in total. The first-order valence-electron chi connectivity index (χ1n) is 4.53. The molecule has 1 aliphatic heterocycles. The van der Waals surface area contributed by atoms with E-state index in [1.54, 1.807) is 6.07 Å². The minimum Gasteiger partial charge on any atom is -0.308 e. The Kier molecular flexibility index (Phi) is 3.61. The van der Waals surface area contributed by atoms with Crippen molar-refractivity contribution in [1.29, 1.82) is 0 Å². The lowest BCUT2D eigenvalue weighted by Gasteiger charge is -2.24. The maximum absolute atomic E-state index is 6.13. The zero-order valence-corrected chi connectivity index (χ0v) is 9.92. The molecule has 1 N–H and O–H groups in total. The summed E-state index contributed by atoms with van der Waals surface area (Å²) in [5, 5.41) is 4.91. The van der Waals surface area contributed by atoms with Crippen LogP contribution in [0.4, 0.5) is 0 Å². The second-order valence-electron chi connectivity index (χ2n) is 3.25. The van der Waals surface area contributed by atoms with Crippen molar-refractivity contribution < 1.29 is 0 Å². The molecule has 4 heteroatoms. The fraction of sp³-hybridized carbons (Fsp3) is 0.400. The van der Waals surface area contributed by atoms with Gasteiger partial charge in [-0.25, -0.2) is 0 Å². The summed E-state index contributed by atoms with van der Waals surface area (Å²) >= 11 is 13.9. The predicted octanol–water partition coefficient (Wildman–Crippen LogP) is 3.37. The molecule has 0 spiro atoms. The highest BCUT2D eigenvalue weighted by Crippen LogP contribution is 2.29. The van der Waals surface area contributed by atoms with Crippen molar-refractivity contribution in [2.24, 2.45) is 0 Å². The topological polar surface area (TPSA) is 12.0 Å². The molecule has 1 aromatic rings. The second-order valence-corrected chi connectivity index (χ2v) is 5.24. The fourth-order valence-corrected chi connectivity index (χ4v) is 3.05. The Morgan fingerprint density at radius 3 is 2.86 bits per heavy atom. The highest BCUT2D eigenvalue weighted by Gasteiger charge is 2.17. The van der Waals surface area contributed by atoms with Gasteiger partial charge in [0.05, 0.1) is 0 Å². The van der Waals surface area contributed by atoms with Gasteiger partial charge in [-0.2, -0.15) is 11.8 Å². The SMILES string of the molecule is Clc1ccc(C2CSCCN2)c(Cl)c1. The van der Waals surface area contributed by atoms with E-state index in [1.165, 1.54) is 5.75 Å². The summed E-state index contributed by atoms with van der Waals surface area (Å²) in [6.45, 7) is 1.05. The zero-order chi connectivity index (χ0) is 9.97. The van der Waals surface area contributed by atoms with Crippen LogP contribution < -0.4 is 5.32 Å². The van der Waals surface area contributed by atoms with E-state index < -0.39 is 0 Å². The summed E-state index contributed by atoms with van der Waals surface area (Å²) in [5.74, 6) is 2.27. The van der Waals surface area contributed by atoms with Crippen molar-refractivity contribution in [1.82, 2.24) is 5.32 Å². The lowest BCUT2D eigenvalue weighted by Crippen LogP contribution is -2.30. The maximum Gasteiger partial charge on any atom is 0.0468 e. The molecule has 0 radical (unpaired) electrons. The second kappa shape index (κ2) is 4.75. The van der Waals surface area contributed by atoms with E-state index in [1.807, 2.05) is 23.9 Å². The minimum absolute atomic E-state index is 0.374. The summed E-state index contributed by atoms with van der Waals surface area (Å²) in [5.41, 5.74) is 1.16. The van der Waals surface area contributed by atoms with Crippen LogP contribution in [0.5, 0.6) is 0 Å². The lowest BCUT2D eigenvalue weighted by atomic mass is 10.1. The molecule has 0 aromatic heterocycles. The molecule has 1 atom stereocenters. The number of hydrogen-bond donors (Lipinski definition) is 1. The van der Waals surface area contributed by atoms with Gasteiger partial charge in [-0.05, 0) is 17.7 Å².